The SMILES string of the molecule is COC(=O)c1c(C#N)ccc(F)c1CO. The van der Waals surface area contributed by atoms with E-state index in [0.717, 1.165) is 13.2 Å². The number of ether oxygens (including phenoxy) is 1. The third-order valence-electron chi connectivity index (χ3n) is 1.92. The first-order valence-corrected chi connectivity index (χ1v) is 4.06. The molecule has 0 aliphatic heterocycles. The summed E-state index contributed by atoms with van der Waals surface area (Å²) in [4.78, 5) is 11.3. The maximum Gasteiger partial charge on any atom is 0.339 e. The zero-order chi connectivity index (χ0) is 11.4. The summed E-state index contributed by atoms with van der Waals surface area (Å²) in [5, 5.41) is 17.6. The van der Waals surface area contributed by atoms with E-state index in [4.69, 9.17) is 10.4 Å². The predicted molar refractivity (Wildman–Crippen MR) is 48.4 cm³/mol. The van der Waals surface area contributed by atoms with Crippen molar-refractivity contribution in [2.45, 2.75) is 6.61 Å². The van der Waals surface area contributed by atoms with E-state index in [1.165, 1.54) is 6.07 Å². The first kappa shape index (κ1) is 11.1. The molecule has 0 unspecified atom stereocenters. The number of aliphatic hydroxyl groups excluding tert-OH is 1. The second-order valence-electron chi connectivity index (χ2n) is 2.71. The average Bonchev–Trinajstić information content (AvgIpc) is 2.27. The van der Waals surface area contributed by atoms with Crippen LogP contribution in [-0.2, 0) is 11.3 Å². The fraction of sp³-hybridized carbons (Fsp3) is 0.200. The molecule has 0 aliphatic carbocycles. The van der Waals surface area contributed by atoms with Crippen LogP contribution in [0.1, 0.15) is 21.5 Å². The first-order chi connectivity index (χ1) is 7.15. The van der Waals surface area contributed by atoms with Crippen molar-refractivity contribution >= 4 is 5.97 Å². The van der Waals surface area contributed by atoms with Gasteiger partial charge in [0.25, 0.3) is 0 Å². The zero-order valence-corrected chi connectivity index (χ0v) is 7.95. The van der Waals surface area contributed by atoms with E-state index in [1.807, 2.05) is 0 Å². The molecule has 1 aromatic carbocycles. The Bertz CT molecular complexity index is 437. The Morgan fingerprint density at radius 1 is 1.67 bits per heavy atom. The minimum absolute atomic E-state index is 0.0210. The highest BCUT2D eigenvalue weighted by Gasteiger charge is 2.19. The Balaban J connectivity index is 3.49. The van der Waals surface area contributed by atoms with Gasteiger partial charge in [-0.1, -0.05) is 0 Å². The van der Waals surface area contributed by atoms with Gasteiger partial charge in [-0.25, -0.2) is 9.18 Å². The lowest BCUT2D eigenvalue weighted by Crippen LogP contribution is -2.10. The maximum absolute atomic E-state index is 13.2. The van der Waals surface area contributed by atoms with Gasteiger partial charge in [0.1, 0.15) is 11.9 Å². The Kier molecular flexibility index (Phi) is 3.37. The van der Waals surface area contributed by atoms with E-state index in [9.17, 15) is 9.18 Å². The van der Waals surface area contributed by atoms with Crippen molar-refractivity contribution < 1.29 is 19.0 Å². The van der Waals surface area contributed by atoms with Gasteiger partial charge < -0.3 is 9.84 Å². The molecular formula is C10H8FNO3. The molecule has 1 rings (SSSR count). The van der Waals surface area contributed by atoms with E-state index >= 15 is 0 Å². The first-order valence-electron chi connectivity index (χ1n) is 4.06. The molecule has 0 atom stereocenters. The van der Waals surface area contributed by atoms with Crippen LogP contribution < -0.4 is 0 Å². The summed E-state index contributed by atoms with van der Waals surface area (Å²) in [6.45, 7) is -0.661. The number of carbonyl (C=O) groups excluding carboxylic acids is 1. The molecule has 5 heteroatoms. The molecule has 4 nitrogen and oxygen atoms in total. The molecule has 0 amide bonds. The Hall–Kier alpha value is -1.93. The summed E-state index contributed by atoms with van der Waals surface area (Å²) in [5.74, 6) is -1.58. The van der Waals surface area contributed by atoms with Crippen LogP contribution in [0.3, 0.4) is 0 Å². The largest absolute Gasteiger partial charge is 0.465 e. The molecule has 0 heterocycles. The Morgan fingerprint density at radius 2 is 2.33 bits per heavy atom. The second kappa shape index (κ2) is 4.53. The normalized spacial score (nSPS) is 9.47. The van der Waals surface area contributed by atoms with E-state index in [-0.39, 0.29) is 16.7 Å². The van der Waals surface area contributed by atoms with Crippen molar-refractivity contribution in [3.8, 4) is 6.07 Å². The third kappa shape index (κ3) is 1.95. The van der Waals surface area contributed by atoms with E-state index in [0.29, 0.717) is 0 Å². The van der Waals surface area contributed by atoms with Crippen LogP contribution in [0, 0.1) is 17.1 Å². The Labute approximate surface area is 85.5 Å². The molecule has 0 aromatic heterocycles. The second-order valence-corrected chi connectivity index (χ2v) is 2.71. The number of halogens is 1. The van der Waals surface area contributed by atoms with Crippen LogP contribution in [0.15, 0.2) is 12.1 Å². The average molecular weight is 209 g/mol. The van der Waals surface area contributed by atoms with Gasteiger partial charge in [-0.05, 0) is 12.1 Å². The van der Waals surface area contributed by atoms with Gasteiger partial charge in [0, 0.05) is 5.56 Å². The molecule has 1 aromatic rings. The monoisotopic (exact) mass is 209 g/mol. The van der Waals surface area contributed by atoms with E-state index in [2.05, 4.69) is 4.74 Å². The van der Waals surface area contributed by atoms with Gasteiger partial charge in [-0.3, -0.25) is 0 Å². The molecule has 0 fully saturated rings. The number of esters is 1. The Morgan fingerprint density at radius 3 is 2.80 bits per heavy atom. The topological polar surface area (TPSA) is 70.3 Å². The lowest BCUT2D eigenvalue weighted by Gasteiger charge is -2.07. The van der Waals surface area contributed by atoms with Gasteiger partial charge in [-0.2, -0.15) is 5.26 Å². The summed E-state index contributed by atoms with van der Waals surface area (Å²) < 4.78 is 17.6. The number of carbonyl (C=O) groups is 1. The highest BCUT2D eigenvalue weighted by Crippen LogP contribution is 2.19. The van der Waals surface area contributed by atoms with Crippen LogP contribution in [0.2, 0.25) is 0 Å². The van der Waals surface area contributed by atoms with Crippen molar-refractivity contribution in [3.05, 3.63) is 34.6 Å². The molecule has 15 heavy (non-hydrogen) atoms. The highest BCUT2D eigenvalue weighted by molar-refractivity contribution is 5.93. The van der Waals surface area contributed by atoms with E-state index < -0.39 is 18.4 Å². The van der Waals surface area contributed by atoms with E-state index in [1.54, 1.807) is 6.07 Å². The molecule has 0 aliphatic rings. The summed E-state index contributed by atoms with van der Waals surface area (Å²) in [6, 6.07) is 3.93. The van der Waals surface area contributed by atoms with Crippen LogP contribution in [0.25, 0.3) is 0 Å². The van der Waals surface area contributed by atoms with Crippen LogP contribution in [-0.4, -0.2) is 18.2 Å². The summed E-state index contributed by atoms with van der Waals surface area (Å²) in [5.41, 5.74) is -0.462. The molecule has 0 spiro atoms. The number of hydrogen-bond donors (Lipinski definition) is 1. The number of aliphatic hydroxyl groups is 1. The number of hydrogen-bond acceptors (Lipinski definition) is 4. The van der Waals surface area contributed by atoms with Gasteiger partial charge in [0.15, 0.2) is 0 Å². The lowest BCUT2D eigenvalue weighted by atomic mass is 10.0. The summed E-state index contributed by atoms with van der Waals surface area (Å²) in [7, 11) is 1.12. The summed E-state index contributed by atoms with van der Waals surface area (Å²) >= 11 is 0. The van der Waals surface area contributed by atoms with Gasteiger partial charge >= 0.3 is 5.97 Å². The standard InChI is InChI=1S/C10H8FNO3/c1-15-10(14)9-6(4-12)2-3-8(11)7(9)5-13/h2-3,13H,5H2,1H3. The van der Waals surface area contributed by atoms with Crippen LogP contribution in [0.4, 0.5) is 4.39 Å². The van der Waals surface area contributed by atoms with Crippen LogP contribution >= 0.6 is 0 Å². The third-order valence-corrected chi connectivity index (χ3v) is 1.92. The molecular weight excluding hydrogens is 201 g/mol. The lowest BCUT2D eigenvalue weighted by molar-refractivity contribution is 0.0596. The number of nitriles is 1. The molecule has 1 N–H and O–H groups in total. The summed E-state index contributed by atoms with van der Waals surface area (Å²) in [6.07, 6.45) is 0. The van der Waals surface area contributed by atoms with Gasteiger partial charge in [-0.15, -0.1) is 0 Å². The predicted octanol–water partition coefficient (Wildman–Crippen LogP) is 0.976. The van der Waals surface area contributed by atoms with Crippen molar-refractivity contribution in [1.82, 2.24) is 0 Å². The smallest absolute Gasteiger partial charge is 0.339 e. The quantitative estimate of drug-likeness (QED) is 0.737. The molecule has 0 saturated heterocycles. The zero-order valence-electron chi connectivity index (χ0n) is 7.95. The van der Waals surface area contributed by atoms with Crippen molar-refractivity contribution in [3.63, 3.8) is 0 Å². The molecule has 0 saturated carbocycles. The number of methoxy groups -OCH3 is 1. The number of benzene rings is 1. The van der Waals surface area contributed by atoms with Crippen molar-refractivity contribution in [1.29, 1.82) is 5.26 Å². The minimum Gasteiger partial charge on any atom is -0.465 e. The van der Waals surface area contributed by atoms with Crippen molar-refractivity contribution in [2.75, 3.05) is 7.11 Å². The maximum atomic E-state index is 13.2. The fourth-order valence-corrected chi connectivity index (χ4v) is 1.21. The fourth-order valence-electron chi connectivity index (χ4n) is 1.21. The number of rotatable bonds is 2. The molecule has 78 valence electrons. The van der Waals surface area contributed by atoms with Gasteiger partial charge in [0.05, 0.1) is 24.8 Å². The van der Waals surface area contributed by atoms with Crippen LogP contribution in [0.5, 0.6) is 0 Å². The van der Waals surface area contributed by atoms with Gasteiger partial charge in [0.2, 0.25) is 0 Å². The molecule has 0 radical (unpaired) electrons. The minimum atomic E-state index is -0.838. The highest BCUT2D eigenvalue weighted by atomic mass is 19.1. The molecule has 0 bridgehead atoms. The number of nitrogens with zero attached hydrogens (tertiary/aromatic N) is 1. The van der Waals surface area contributed by atoms with Crippen molar-refractivity contribution in [2.24, 2.45) is 0 Å².